The lowest BCUT2D eigenvalue weighted by atomic mass is 10.2. The standard InChI is InChI=1S/C8H6F3NO/c1-12-8(13)5-2-4(9)3-6(10)7(5)11/h2-3H,1H3,(H,12,13). The van der Waals surface area contributed by atoms with Gasteiger partial charge in [-0.25, -0.2) is 13.2 Å². The Bertz CT molecular complexity index is 351. The number of halogens is 3. The van der Waals surface area contributed by atoms with E-state index in [9.17, 15) is 18.0 Å². The minimum absolute atomic E-state index is 0.377. The summed E-state index contributed by atoms with van der Waals surface area (Å²) in [6.07, 6.45) is 0. The molecule has 1 aromatic carbocycles. The van der Waals surface area contributed by atoms with Gasteiger partial charge in [0.05, 0.1) is 5.56 Å². The summed E-state index contributed by atoms with van der Waals surface area (Å²) in [5.41, 5.74) is -0.639. The highest BCUT2D eigenvalue weighted by Crippen LogP contribution is 2.13. The number of carbonyl (C=O) groups is 1. The highest BCUT2D eigenvalue weighted by atomic mass is 19.2. The largest absolute Gasteiger partial charge is 0.355 e. The first-order valence-electron chi connectivity index (χ1n) is 3.43. The smallest absolute Gasteiger partial charge is 0.254 e. The highest BCUT2D eigenvalue weighted by molar-refractivity contribution is 5.94. The van der Waals surface area contributed by atoms with E-state index in [2.05, 4.69) is 5.32 Å². The summed E-state index contributed by atoms with van der Waals surface area (Å²) in [4.78, 5) is 10.9. The Morgan fingerprint density at radius 3 is 2.46 bits per heavy atom. The average Bonchev–Trinajstić information content (AvgIpc) is 2.10. The predicted octanol–water partition coefficient (Wildman–Crippen LogP) is 1.46. The Kier molecular flexibility index (Phi) is 2.55. The first kappa shape index (κ1) is 9.57. The quantitative estimate of drug-likeness (QED) is 0.666. The molecule has 0 unspecified atom stereocenters. The SMILES string of the molecule is CNC(=O)c1cc(F)cc(F)c1F. The van der Waals surface area contributed by atoms with Crippen LogP contribution in [0.5, 0.6) is 0 Å². The maximum absolute atomic E-state index is 12.8. The Balaban J connectivity index is 3.28. The van der Waals surface area contributed by atoms with Crippen molar-refractivity contribution < 1.29 is 18.0 Å². The van der Waals surface area contributed by atoms with Crippen molar-refractivity contribution in [2.45, 2.75) is 0 Å². The number of carbonyl (C=O) groups excluding carboxylic acids is 1. The normalized spacial score (nSPS) is 9.85. The van der Waals surface area contributed by atoms with E-state index >= 15 is 0 Å². The van der Waals surface area contributed by atoms with Gasteiger partial charge < -0.3 is 5.32 Å². The maximum Gasteiger partial charge on any atom is 0.254 e. The van der Waals surface area contributed by atoms with Gasteiger partial charge in [-0.15, -0.1) is 0 Å². The molecule has 1 N–H and O–H groups in total. The number of hydrogen-bond acceptors (Lipinski definition) is 1. The van der Waals surface area contributed by atoms with Crippen LogP contribution in [0.4, 0.5) is 13.2 Å². The topological polar surface area (TPSA) is 29.1 Å². The van der Waals surface area contributed by atoms with Crippen LogP contribution in [0.1, 0.15) is 10.4 Å². The molecular formula is C8H6F3NO. The van der Waals surface area contributed by atoms with Crippen LogP contribution >= 0.6 is 0 Å². The number of amides is 1. The number of nitrogens with one attached hydrogen (secondary N) is 1. The second-order valence-electron chi connectivity index (χ2n) is 2.33. The molecule has 5 heteroatoms. The minimum Gasteiger partial charge on any atom is -0.355 e. The zero-order valence-electron chi connectivity index (χ0n) is 6.70. The molecule has 0 saturated carbocycles. The van der Waals surface area contributed by atoms with Gasteiger partial charge in [-0.1, -0.05) is 0 Å². The molecule has 0 aliphatic heterocycles. The summed E-state index contributed by atoms with van der Waals surface area (Å²) < 4.78 is 37.9. The molecule has 0 bridgehead atoms. The van der Waals surface area contributed by atoms with E-state index in [4.69, 9.17) is 0 Å². The lowest BCUT2D eigenvalue weighted by Crippen LogP contribution is -2.20. The van der Waals surface area contributed by atoms with Crippen molar-refractivity contribution in [3.05, 3.63) is 35.1 Å². The van der Waals surface area contributed by atoms with E-state index in [-0.39, 0.29) is 0 Å². The third kappa shape index (κ3) is 1.80. The molecule has 0 heterocycles. The molecule has 1 rings (SSSR count). The fraction of sp³-hybridized carbons (Fsp3) is 0.125. The lowest BCUT2D eigenvalue weighted by Gasteiger charge is -2.02. The van der Waals surface area contributed by atoms with E-state index < -0.39 is 28.9 Å². The van der Waals surface area contributed by atoms with Crippen molar-refractivity contribution in [3.8, 4) is 0 Å². The first-order valence-corrected chi connectivity index (χ1v) is 3.43. The Hall–Kier alpha value is -1.52. The molecule has 0 radical (unpaired) electrons. The number of benzene rings is 1. The van der Waals surface area contributed by atoms with Crippen LogP contribution < -0.4 is 5.32 Å². The van der Waals surface area contributed by atoms with Crippen LogP contribution in [0.25, 0.3) is 0 Å². The van der Waals surface area contributed by atoms with Gasteiger partial charge >= 0.3 is 0 Å². The van der Waals surface area contributed by atoms with Gasteiger partial charge in [0.25, 0.3) is 5.91 Å². The summed E-state index contributed by atoms with van der Waals surface area (Å²) in [5.74, 6) is -4.58. The Morgan fingerprint density at radius 1 is 1.31 bits per heavy atom. The van der Waals surface area contributed by atoms with Crippen molar-refractivity contribution in [1.29, 1.82) is 0 Å². The van der Waals surface area contributed by atoms with E-state index in [0.717, 1.165) is 0 Å². The molecule has 0 atom stereocenters. The summed E-state index contributed by atoms with van der Waals surface area (Å²) in [5, 5.41) is 2.06. The molecule has 0 aliphatic carbocycles. The van der Waals surface area contributed by atoms with Crippen LogP contribution in [0.15, 0.2) is 12.1 Å². The lowest BCUT2D eigenvalue weighted by molar-refractivity contribution is 0.0957. The number of rotatable bonds is 1. The van der Waals surface area contributed by atoms with Gasteiger partial charge in [0, 0.05) is 13.1 Å². The van der Waals surface area contributed by atoms with Crippen molar-refractivity contribution in [3.63, 3.8) is 0 Å². The Labute approximate surface area is 72.4 Å². The van der Waals surface area contributed by atoms with Crippen LogP contribution in [0.2, 0.25) is 0 Å². The van der Waals surface area contributed by atoms with E-state index in [1.54, 1.807) is 0 Å². The zero-order valence-corrected chi connectivity index (χ0v) is 6.70. The molecule has 1 amide bonds. The summed E-state index contributed by atoms with van der Waals surface area (Å²) >= 11 is 0. The molecule has 2 nitrogen and oxygen atoms in total. The molecular weight excluding hydrogens is 183 g/mol. The van der Waals surface area contributed by atoms with Gasteiger partial charge in [0.1, 0.15) is 5.82 Å². The average molecular weight is 189 g/mol. The third-order valence-corrected chi connectivity index (χ3v) is 1.46. The molecule has 0 saturated heterocycles. The van der Waals surface area contributed by atoms with Crippen molar-refractivity contribution in [2.75, 3.05) is 7.05 Å². The summed E-state index contributed by atoms with van der Waals surface area (Å²) in [6, 6.07) is 1.01. The van der Waals surface area contributed by atoms with Crippen LogP contribution in [-0.4, -0.2) is 13.0 Å². The van der Waals surface area contributed by atoms with E-state index in [1.165, 1.54) is 7.05 Å². The van der Waals surface area contributed by atoms with Crippen LogP contribution in [-0.2, 0) is 0 Å². The maximum atomic E-state index is 12.8. The van der Waals surface area contributed by atoms with Gasteiger partial charge in [-0.05, 0) is 6.07 Å². The zero-order chi connectivity index (χ0) is 10.0. The van der Waals surface area contributed by atoms with Crippen molar-refractivity contribution in [2.24, 2.45) is 0 Å². The van der Waals surface area contributed by atoms with E-state index in [0.29, 0.717) is 12.1 Å². The molecule has 0 fully saturated rings. The van der Waals surface area contributed by atoms with E-state index in [1.807, 2.05) is 0 Å². The molecule has 0 aromatic heterocycles. The molecule has 13 heavy (non-hydrogen) atoms. The highest BCUT2D eigenvalue weighted by Gasteiger charge is 2.15. The fourth-order valence-corrected chi connectivity index (χ4v) is 0.856. The van der Waals surface area contributed by atoms with Crippen molar-refractivity contribution in [1.82, 2.24) is 5.32 Å². The van der Waals surface area contributed by atoms with Crippen molar-refractivity contribution >= 4 is 5.91 Å². The van der Waals surface area contributed by atoms with Gasteiger partial charge in [-0.3, -0.25) is 4.79 Å². The summed E-state index contributed by atoms with van der Waals surface area (Å²) in [6.45, 7) is 0. The predicted molar refractivity (Wildman–Crippen MR) is 39.7 cm³/mol. The second-order valence-corrected chi connectivity index (χ2v) is 2.33. The molecule has 0 aliphatic rings. The summed E-state index contributed by atoms with van der Waals surface area (Å²) in [7, 11) is 1.24. The monoisotopic (exact) mass is 189 g/mol. The van der Waals surface area contributed by atoms with Gasteiger partial charge in [0.2, 0.25) is 0 Å². The van der Waals surface area contributed by atoms with Gasteiger partial charge in [-0.2, -0.15) is 0 Å². The minimum atomic E-state index is -1.38. The second kappa shape index (κ2) is 3.47. The third-order valence-electron chi connectivity index (χ3n) is 1.46. The van der Waals surface area contributed by atoms with Crippen LogP contribution in [0, 0.1) is 17.5 Å². The molecule has 1 aromatic rings. The first-order chi connectivity index (χ1) is 6.06. The molecule has 70 valence electrons. The number of hydrogen-bond donors (Lipinski definition) is 1. The molecule has 0 spiro atoms. The fourth-order valence-electron chi connectivity index (χ4n) is 0.856. The van der Waals surface area contributed by atoms with Crippen LogP contribution in [0.3, 0.4) is 0 Å². The van der Waals surface area contributed by atoms with Gasteiger partial charge in [0.15, 0.2) is 11.6 Å². The Morgan fingerprint density at radius 2 is 1.92 bits per heavy atom.